The Balaban J connectivity index is 1.77. The lowest BCUT2D eigenvalue weighted by Crippen LogP contribution is -2.27. The fraction of sp³-hybridized carbons (Fsp3) is 0.188. The van der Waals surface area contributed by atoms with Gasteiger partial charge in [-0.3, -0.25) is 4.79 Å². The summed E-state index contributed by atoms with van der Waals surface area (Å²) < 4.78 is 0. The zero-order chi connectivity index (χ0) is 13.5. The normalized spacial score (nSPS) is 10.2. The highest BCUT2D eigenvalue weighted by molar-refractivity contribution is 5.92. The van der Waals surface area contributed by atoms with Crippen LogP contribution in [-0.2, 0) is 11.3 Å². The summed E-state index contributed by atoms with van der Waals surface area (Å²) in [6.45, 7) is 3.08. The Kier molecular flexibility index (Phi) is 4.70. The predicted octanol–water partition coefficient (Wildman–Crippen LogP) is 2.72. The first-order valence-electron chi connectivity index (χ1n) is 6.36. The van der Waals surface area contributed by atoms with Crippen LogP contribution in [-0.4, -0.2) is 12.5 Å². The summed E-state index contributed by atoms with van der Waals surface area (Å²) in [5, 5.41) is 5.99. The lowest BCUT2D eigenvalue weighted by atomic mass is 10.1. The Hall–Kier alpha value is -2.13. The van der Waals surface area contributed by atoms with Crippen molar-refractivity contribution in [2.24, 2.45) is 0 Å². The van der Waals surface area contributed by atoms with Gasteiger partial charge < -0.3 is 10.6 Å². The van der Waals surface area contributed by atoms with Crippen molar-refractivity contribution in [3.05, 3.63) is 65.7 Å². The second kappa shape index (κ2) is 6.71. The first kappa shape index (κ1) is 13.3. The van der Waals surface area contributed by atoms with E-state index >= 15 is 0 Å². The molecule has 3 heteroatoms. The van der Waals surface area contributed by atoms with Gasteiger partial charge in [0.2, 0.25) is 5.91 Å². The van der Waals surface area contributed by atoms with Gasteiger partial charge in [-0.1, -0.05) is 42.5 Å². The summed E-state index contributed by atoms with van der Waals surface area (Å²) in [4.78, 5) is 11.7. The lowest BCUT2D eigenvalue weighted by Gasteiger charge is -2.08. The maximum atomic E-state index is 11.7. The van der Waals surface area contributed by atoms with Crippen LogP contribution in [0.5, 0.6) is 0 Å². The number of benzene rings is 2. The Morgan fingerprint density at radius 1 is 1.00 bits per heavy atom. The zero-order valence-electron chi connectivity index (χ0n) is 11.0. The van der Waals surface area contributed by atoms with Gasteiger partial charge in [0.05, 0.1) is 6.54 Å². The third kappa shape index (κ3) is 4.23. The highest BCUT2D eigenvalue weighted by Crippen LogP contribution is 2.06. The van der Waals surface area contributed by atoms with E-state index in [4.69, 9.17) is 0 Å². The summed E-state index contributed by atoms with van der Waals surface area (Å²) in [7, 11) is 0. The van der Waals surface area contributed by atoms with Gasteiger partial charge in [0.25, 0.3) is 0 Å². The molecule has 0 saturated carbocycles. The Morgan fingerprint density at radius 2 is 1.68 bits per heavy atom. The Morgan fingerprint density at radius 3 is 2.42 bits per heavy atom. The van der Waals surface area contributed by atoms with Gasteiger partial charge in [0, 0.05) is 12.2 Å². The Bertz CT molecular complexity index is 537. The number of nitrogens with one attached hydrogen (secondary N) is 2. The van der Waals surface area contributed by atoms with Gasteiger partial charge in [-0.15, -0.1) is 0 Å². The predicted molar refractivity (Wildman–Crippen MR) is 78.0 cm³/mol. The molecule has 0 aliphatic heterocycles. The van der Waals surface area contributed by atoms with E-state index in [9.17, 15) is 4.79 Å². The molecule has 0 fully saturated rings. The van der Waals surface area contributed by atoms with Crippen molar-refractivity contribution in [1.29, 1.82) is 0 Å². The highest BCUT2D eigenvalue weighted by atomic mass is 16.1. The van der Waals surface area contributed by atoms with Gasteiger partial charge in [0.1, 0.15) is 0 Å². The minimum atomic E-state index is -0.0280. The Labute approximate surface area is 113 Å². The molecule has 98 valence electrons. The van der Waals surface area contributed by atoms with Crippen molar-refractivity contribution in [2.75, 3.05) is 11.9 Å². The second-order valence-electron chi connectivity index (χ2n) is 4.44. The van der Waals surface area contributed by atoms with Crippen LogP contribution in [0.1, 0.15) is 11.1 Å². The molecule has 19 heavy (non-hydrogen) atoms. The van der Waals surface area contributed by atoms with E-state index in [-0.39, 0.29) is 5.91 Å². The molecule has 0 aliphatic rings. The molecular formula is C16H18N2O. The first-order valence-corrected chi connectivity index (χ1v) is 6.36. The van der Waals surface area contributed by atoms with Gasteiger partial charge in [-0.2, -0.15) is 0 Å². The van der Waals surface area contributed by atoms with Crippen molar-refractivity contribution in [3.63, 3.8) is 0 Å². The number of carbonyl (C=O) groups excluding carboxylic acids is 1. The summed E-state index contributed by atoms with van der Waals surface area (Å²) in [6.07, 6.45) is 0. The molecule has 0 spiro atoms. The summed E-state index contributed by atoms with van der Waals surface area (Å²) in [5.41, 5.74) is 3.28. The molecule has 2 aromatic rings. The van der Waals surface area contributed by atoms with Crippen LogP contribution in [0.3, 0.4) is 0 Å². The zero-order valence-corrected chi connectivity index (χ0v) is 11.0. The number of hydrogen-bond acceptors (Lipinski definition) is 2. The SMILES string of the molecule is Cc1ccccc1CNCC(=O)Nc1ccccc1. The summed E-state index contributed by atoms with van der Waals surface area (Å²) >= 11 is 0. The van der Waals surface area contributed by atoms with Crippen LogP contribution in [0.2, 0.25) is 0 Å². The smallest absolute Gasteiger partial charge is 0.238 e. The van der Waals surface area contributed by atoms with Crippen LogP contribution < -0.4 is 10.6 Å². The van der Waals surface area contributed by atoms with Crippen molar-refractivity contribution in [3.8, 4) is 0 Å². The lowest BCUT2D eigenvalue weighted by molar-refractivity contribution is -0.115. The molecule has 0 radical (unpaired) electrons. The number of para-hydroxylation sites is 1. The van der Waals surface area contributed by atoms with E-state index in [2.05, 4.69) is 29.7 Å². The van der Waals surface area contributed by atoms with E-state index in [1.165, 1.54) is 11.1 Å². The minimum absolute atomic E-state index is 0.0280. The molecule has 2 rings (SSSR count). The monoisotopic (exact) mass is 254 g/mol. The molecule has 2 N–H and O–H groups in total. The number of carbonyl (C=O) groups is 1. The standard InChI is InChI=1S/C16H18N2O/c1-13-7-5-6-8-14(13)11-17-12-16(19)18-15-9-3-2-4-10-15/h2-10,17H,11-12H2,1H3,(H,18,19). The fourth-order valence-electron chi connectivity index (χ4n) is 1.85. The molecule has 0 unspecified atom stereocenters. The number of anilines is 1. The fourth-order valence-corrected chi connectivity index (χ4v) is 1.85. The van der Waals surface area contributed by atoms with Gasteiger partial charge in [-0.05, 0) is 30.2 Å². The summed E-state index contributed by atoms with van der Waals surface area (Å²) in [5.74, 6) is -0.0280. The van der Waals surface area contributed by atoms with Gasteiger partial charge in [-0.25, -0.2) is 0 Å². The van der Waals surface area contributed by atoms with E-state index in [0.29, 0.717) is 13.1 Å². The molecule has 0 aliphatic carbocycles. The van der Waals surface area contributed by atoms with Crippen LogP contribution in [0.25, 0.3) is 0 Å². The molecule has 1 amide bonds. The molecular weight excluding hydrogens is 236 g/mol. The molecule has 0 heterocycles. The molecule has 3 nitrogen and oxygen atoms in total. The van der Waals surface area contributed by atoms with Crippen molar-refractivity contribution in [2.45, 2.75) is 13.5 Å². The maximum Gasteiger partial charge on any atom is 0.238 e. The number of amides is 1. The van der Waals surface area contributed by atoms with Crippen molar-refractivity contribution in [1.82, 2.24) is 5.32 Å². The van der Waals surface area contributed by atoms with Crippen molar-refractivity contribution < 1.29 is 4.79 Å². The molecule has 0 aromatic heterocycles. The van der Waals surface area contributed by atoms with Crippen LogP contribution in [0.15, 0.2) is 54.6 Å². The van der Waals surface area contributed by atoms with Crippen LogP contribution in [0.4, 0.5) is 5.69 Å². The van der Waals surface area contributed by atoms with Crippen LogP contribution in [0, 0.1) is 6.92 Å². The van der Waals surface area contributed by atoms with E-state index < -0.39 is 0 Å². The largest absolute Gasteiger partial charge is 0.325 e. The van der Waals surface area contributed by atoms with Crippen LogP contribution >= 0.6 is 0 Å². The quantitative estimate of drug-likeness (QED) is 0.861. The first-order chi connectivity index (χ1) is 9.25. The molecule has 0 bridgehead atoms. The number of rotatable bonds is 5. The highest BCUT2D eigenvalue weighted by Gasteiger charge is 2.02. The third-order valence-electron chi connectivity index (χ3n) is 2.92. The van der Waals surface area contributed by atoms with E-state index in [1.54, 1.807) is 0 Å². The van der Waals surface area contributed by atoms with E-state index in [1.807, 2.05) is 42.5 Å². The average Bonchev–Trinajstić information content (AvgIpc) is 2.42. The third-order valence-corrected chi connectivity index (χ3v) is 2.92. The maximum absolute atomic E-state index is 11.7. The topological polar surface area (TPSA) is 41.1 Å². The molecule has 0 atom stereocenters. The van der Waals surface area contributed by atoms with Gasteiger partial charge >= 0.3 is 0 Å². The number of aryl methyl sites for hydroxylation is 1. The van der Waals surface area contributed by atoms with Crippen molar-refractivity contribution >= 4 is 11.6 Å². The molecule has 0 saturated heterocycles. The molecule has 2 aromatic carbocycles. The summed E-state index contributed by atoms with van der Waals surface area (Å²) in [6, 6.07) is 17.6. The minimum Gasteiger partial charge on any atom is -0.325 e. The number of hydrogen-bond donors (Lipinski definition) is 2. The van der Waals surface area contributed by atoms with Gasteiger partial charge in [0.15, 0.2) is 0 Å². The average molecular weight is 254 g/mol. The van der Waals surface area contributed by atoms with E-state index in [0.717, 1.165) is 5.69 Å². The second-order valence-corrected chi connectivity index (χ2v) is 4.44.